The molecule has 0 aliphatic carbocycles. The number of hydrogen-bond acceptors (Lipinski definition) is 5. The van der Waals surface area contributed by atoms with E-state index < -0.39 is 5.92 Å². The molecular formula is C16H16N2O3S. The lowest BCUT2D eigenvalue weighted by atomic mass is 9.97. The molecule has 0 saturated carbocycles. The zero-order valence-electron chi connectivity index (χ0n) is 12.1. The average Bonchev–Trinajstić information content (AvgIpc) is 3.14. The summed E-state index contributed by atoms with van der Waals surface area (Å²) in [6.45, 7) is 2.30. The molecule has 1 aromatic heterocycles. The molecule has 1 aliphatic rings. The second-order valence-corrected chi connectivity index (χ2v) is 6.17. The van der Waals surface area contributed by atoms with Crippen LogP contribution < -0.4 is 5.32 Å². The molecule has 1 aliphatic heterocycles. The van der Waals surface area contributed by atoms with Crippen LogP contribution in [0.25, 0.3) is 11.3 Å². The van der Waals surface area contributed by atoms with Crippen molar-refractivity contribution < 1.29 is 14.3 Å². The Morgan fingerprint density at radius 3 is 2.86 bits per heavy atom. The van der Waals surface area contributed by atoms with Crippen LogP contribution >= 0.6 is 11.3 Å². The molecule has 2 atom stereocenters. The molecule has 2 aromatic rings. The van der Waals surface area contributed by atoms with Crippen LogP contribution in [0.3, 0.4) is 0 Å². The first-order chi connectivity index (χ1) is 10.7. The summed E-state index contributed by atoms with van der Waals surface area (Å²) in [5, 5.41) is 2.89. The molecule has 1 saturated heterocycles. The Balaban J connectivity index is 1.67. The number of thiazole rings is 1. The topological polar surface area (TPSA) is 68.3 Å². The van der Waals surface area contributed by atoms with Gasteiger partial charge in [0.05, 0.1) is 34.5 Å². The number of cyclic esters (lactones) is 1. The first kappa shape index (κ1) is 14.7. The van der Waals surface area contributed by atoms with Gasteiger partial charge >= 0.3 is 5.97 Å². The molecule has 1 amide bonds. The van der Waals surface area contributed by atoms with Gasteiger partial charge in [-0.15, -0.1) is 11.3 Å². The van der Waals surface area contributed by atoms with E-state index in [0.29, 0.717) is 6.54 Å². The van der Waals surface area contributed by atoms with E-state index in [1.54, 1.807) is 12.4 Å². The Labute approximate surface area is 132 Å². The molecule has 114 valence electrons. The fourth-order valence-electron chi connectivity index (χ4n) is 2.44. The Bertz CT molecular complexity index is 684. The second kappa shape index (κ2) is 6.27. The van der Waals surface area contributed by atoms with Gasteiger partial charge in [0.15, 0.2) is 0 Å². The number of rotatable bonds is 4. The maximum absolute atomic E-state index is 12.2. The van der Waals surface area contributed by atoms with Crippen LogP contribution in [0, 0.1) is 11.8 Å². The van der Waals surface area contributed by atoms with Gasteiger partial charge < -0.3 is 10.1 Å². The first-order valence-corrected chi connectivity index (χ1v) is 7.97. The molecule has 2 heterocycles. The number of nitrogens with one attached hydrogen (secondary N) is 1. The molecule has 1 N–H and O–H groups in total. The summed E-state index contributed by atoms with van der Waals surface area (Å²) in [6, 6.07) is 9.86. The van der Waals surface area contributed by atoms with Crippen molar-refractivity contribution in [3.05, 3.63) is 40.7 Å². The number of aromatic nitrogens is 1. The van der Waals surface area contributed by atoms with E-state index in [0.717, 1.165) is 16.1 Å². The van der Waals surface area contributed by atoms with Gasteiger partial charge in [0, 0.05) is 5.56 Å². The lowest BCUT2D eigenvalue weighted by Gasteiger charge is -2.11. The quantitative estimate of drug-likeness (QED) is 0.878. The third-order valence-corrected chi connectivity index (χ3v) is 4.66. The maximum Gasteiger partial charge on any atom is 0.309 e. The van der Waals surface area contributed by atoms with Crippen molar-refractivity contribution in [2.45, 2.75) is 13.5 Å². The highest BCUT2D eigenvalue weighted by Gasteiger charge is 2.38. The summed E-state index contributed by atoms with van der Waals surface area (Å²) >= 11 is 1.51. The maximum atomic E-state index is 12.2. The fraction of sp³-hybridized carbons (Fsp3) is 0.312. The minimum Gasteiger partial charge on any atom is -0.465 e. The zero-order valence-corrected chi connectivity index (χ0v) is 12.9. The molecule has 0 radical (unpaired) electrons. The summed E-state index contributed by atoms with van der Waals surface area (Å²) in [6.07, 6.45) is 0. The number of esters is 1. The minimum absolute atomic E-state index is 0.147. The molecule has 0 spiro atoms. The van der Waals surface area contributed by atoms with Gasteiger partial charge in [-0.25, -0.2) is 4.98 Å². The predicted molar refractivity (Wildman–Crippen MR) is 83.0 cm³/mol. The summed E-state index contributed by atoms with van der Waals surface area (Å²) in [5.41, 5.74) is 3.69. The molecule has 22 heavy (non-hydrogen) atoms. The summed E-state index contributed by atoms with van der Waals surface area (Å²) in [4.78, 5) is 28.9. The zero-order chi connectivity index (χ0) is 15.5. The van der Waals surface area contributed by atoms with Crippen LogP contribution in [0.15, 0.2) is 35.8 Å². The van der Waals surface area contributed by atoms with E-state index in [-0.39, 0.29) is 24.4 Å². The molecule has 6 heteroatoms. The highest BCUT2D eigenvalue weighted by molar-refractivity contribution is 7.10. The molecule has 2 unspecified atom stereocenters. The number of benzene rings is 1. The molecule has 0 bridgehead atoms. The third-order valence-electron chi connectivity index (χ3n) is 3.83. The van der Waals surface area contributed by atoms with Crippen molar-refractivity contribution in [1.82, 2.24) is 10.3 Å². The average molecular weight is 316 g/mol. The molecule has 1 fully saturated rings. The van der Waals surface area contributed by atoms with Crippen LogP contribution in [0.5, 0.6) is 0 Å². The number of carbonyl (C=O) groups excluding carboxylic acids is 2. The fourth-order valence-corrected chi connectivity index (χ4v) is 3.16. The summed E-state index contributed by atoms with van der Waals surface area (Å²) < 4.78 is 4.92. The molecule has 3 rings (SSSR count). The van der Waals surface area contributed by atoms with Crippen molar-refractivity contribution in [3.63, 3.8) is 0 Å². The first-order valence-electron chi connectivity index (χ1n) is 7.09. The summed E-state index contributed by atoms with van der Waals surface area (Å²) in [7, 11) is 0. The summed E-state index contributed by atoms with van der Waals surface area (Å²) in [5.74, 6) is -1.23. The van der Waals surface area contributed by atoms with Gasteiger partial charge in [-0.05, 0) is 0 Å². The molecule has 1 aromatic carbocycles. The van der Waals surface area contributed by atoms with Crippen LogP contribution in [0.2, 0.25) is 0 Å². The van der Waals surface area contributed by atoms with E-state index in [4.69, 9.17) is 4.74 Å². The Hall–Kier alpha value is -2.21. The standard InChI is InChI=1S/C16H16N2O3S/c1-10-12(8-21-16(10)20)15(19)17-7-13-14(18-9-22-13)11-5-3-2-4-6-11/h2-6,9-10,12H,7-8H2,1H3,(H,17,19). The Morgan fingerprint density at radius 1 is 1.41 bits per heavy atom. The Morgan fingerprint density at radius 2 is 2.18 bits per heavy atom. The number of carbonyl (C=O) groups is 2. The van der Waals surface area contributed by atoms with Gasteiger partial charge in [0.1, 0.15) is 6.61 Å². The van der Waals surface area contributed by atoms with E-state index >= 15 is 0 Å². The van der Waals surface area contributed by atoms with Crippen molar-refractivity contribution in [2.75, 3.05) is 6.61 Å². The normalized spacial score (nSPS) is 20.7. The van der Waals surface area contributed by atoms with Gasteiger partial charge in [0.25, 0.3) is 0 Å². The monoisotopic (exact) mass is 316 g/mol. The molecular weight excluding hydrogens is 300 g/mol. The van der Waals surface area contributed by atoms with Gasteiger partial charge in [-0.2, -0.15) is 0 Å². The second-order valence-electron chi connectivity index (χ2n) is 5.23. The highest BCUT2D eigenvalue weighted by Crippen LogP contribution is 2.26. The van der Waals surface area contributed by atoms with Crippen molar-refractivity contribution in [2.24, 2.45) is 11.8 Å². The smallest absolute Gasteiger partial charge is 0.309 e. The predicted octanol–water partition coefficient (Wildman–Crippen LogP) is 2.24. The Kier molecular flexibility index (Phi) is 4.20. The third kappa shape index (κ3) is 2.87. The highest BCUT2D eigenvalue weighted by atomic mass is 32.1. The van der Waals surface area contributed by atoms with Crippen LogP contribution in [-0.4, -0.2) is 23.5 Å². The number of hydrogen-bond donors (Lipinski definition) is 1. The van der Waals surface area contributed by atoms with Crippen LogP contribution in [0.4, 0.5) is 0 Å². The van der Waals surface area contributed by atoms with E-state index in [9.17, 15) is 9.59 Å². The van der Waals surface area contributed by atoms with Crippen molar-refractivity contribution >= 4 is 23.2 Å². The largest absolute Gasteiger partial charge is 0.465 e. The van der Waals surface area contributed by atoms with Crippen LogP contribution in [-0.2, 0) is 20.9 Å². The SMILES string of the molecule is CC1C(=O)OCC1C(=O)NCc1scnc1-c1ccccc1. The number of nitrogens with zero attached hydrogens (tertiary/aromatic N) is 1. The van der Waals surface area contributed by atoms with Crippen molar-refractivity contribution in [1.29, 1.82) is 0 Å². The van der Waals surface area contributed by atoms with E-state index in [2.05, 4.69) is 10.3 Å². The number of ether oxygens (including phenoxy) is 1. The van der Waals surface area contributed by atoms with Gasteiger partial charge in [-0.1, -0.05) is 37.3 Å². The number of amides is 1. The van der Waals surface area contributed by atoms with Crippen LogP contribution in [0.1, 0.15) is 11.8 Å². The lowest BCUT2D eigenvalue weighted by molar-refractivity contribution is -0.141. The van der Waals surface area contributed by atoms with Gasteiger partial charge in [-0.3, -0.25) is 9.59 Å². The van der Waals surface area contributed by atoms with Gasteiger partial charge in [0.2, 0.25) is 5.91 Å². The van der Waals surface area contributed by atoms with E-state index in [1.165, 1.54) is 11.3 Å². The molecule has 5 nitrogen and oxygen atoms in total. The van der Waals surface area contributed by atoms with E-state index in [1.807, 2.05) is 30.3 Å². The minimum atomic E-state index is -0.402. The van der Waals surface area contributed by atoms with Crippen molar-refractivity contribution in [3.8, 4) is 11.3 Å². The lowest BCUT2D eigenvalue weighted by Crippen LogP contribution is -2.33.